The molecule has 0 saturated heterocycles. The van der Waals surface area contributed by atoms with Crippen LogP contribution < -0.4 is 5.32 Å². The molecule has 0 saturated carbocycles. The number of hydrogen-bond donors (Lipinski definition) is 1. The molecular formula is C30H42ClN. The number of hydrogen-bond acceptors (Lipinski definition) is 1. The van der Waals surface area contributed by atoms with Crippen LogP contribution >= 0.6 is 11.6 Å². The van der Waals surface area contributed by atoms with E-state index in [1.54, 1.807) is 11.1 Å². The van der Waals surface area contributed by atoms with Gasteiger partial charge in [-0.1, -0.05) is 106 Å². The molecule has 0 spiro atoms. The van der Waals surface area contributed by atoms with Gasteiger partial charge in [0.05, 0.1) is 0 Å². The summed E-state index contributed by atoms with van der Waals surface area (Å²) in [7, 11) is 0. The lowest BCUT2D eigenvalue weighted by Crippen LogP contribution is -2.14. The van der Waals surface area contributed by atoms with Gasteiger partial charge in [0, 0.05) is 22.0 Å². The Bertz CT molecular complexity index is 868. The highest BCUT2D eigenvalue weighted by Gasteiger charge is 2.15. The van der Waals surface area contributed by atoms with Gasteiger partial charge in [0.25, 0.3) is 0 Å². The van der Waals surface area contributed by atoms with Gasteiger partial charge < -0.3 is 5.32 Å². The number of unbranched alkanes of at least 4 members (excludes halogenated alkanes) is 1. The first-order valence-corrected chi connectivity index (χ1v) is 12.8. The van der Waals surface area contributed by atoms with E-state index in [1.807, 2.05) is 18.2 Å². The Morgan fingerprint density at radius 1 is 0.938 bits per heavy atom. The zero-order chi connectivity index (χ0) is 23.3. The van der Waals surface area contributed by atoms with Crippen molar-refractivity contribution in [2.24, 2.45) is 5.92 Å². The molecule has 0 radical (unpaired) electrons. The van der Waals surface area contributed by atoms with Gasteiger partial charge in [0.15, 0.2) is 0 Å². The van der Waals surface area contributed by atoms with Gasteiger partial charge in [-0.2, -0.15) is 0 Å². The van der Waals surface area contributed by atoms with Gasteiger partial charge in [-0.25, -0.2) is 0 Å². The van der Waals surface area contributed by atoms with Gasteiger partial charge in [-0.15, -0.1) is 0 Å². The normalized spacial score (nSPS) is 14.4. The molecule has 0 heterocycles. The Kier molecular flexibility index (Phi) is 11.7. The average molecular weight is 452 g/mol. The fourth-order valence-electron chi connectivity index (χ4n) is 4.32. The highest BCUT2D eigenvalue weighted by molar-refractivity contribution is 6.32. The van der Waals surface area contributed by atoms with Crippen LogP contribution in [0.2, 0.25) is 5.02 Å². The van der Waals surface area contributed by atoms with Crippen molar-refractivity contribution in [1.82, 2.24) is 5.32 Å². The average Bonchev–Trinajstić information content (AvgIpc) is 3.17. The van der Waals surface area contributed by atoms with Gasteiger partial charge in [0.1, 0.15) is 0 Å². The quantitative estimate of drug-likeness (QED) is 0.400. The van der Waals surface area contributed by atoms with Crippen molar-refractivity contribution >= 4 is 17.3 Å². The van der Waals surface area contributed by atoms with Crippen molar-refractivity contribution in [2.45, 2.75) is 86.0 Å². The third kappa shape index (κ3) is 8.17. The summed E-state index contributed by atoms with van der Waals surface area (Å²) in [6, 6.07) is 16.8. The Balaban J connectivity index is 0.000000297. The van der Waals surface area contributed by atoms with E-state index >= 15 is 0 Å². The van der Waals surface area contributed by atoms with Gasteiger partial charge in [-0.05, 0) is 68.6 Å². The van der Waals surface area contributed by atoms with Crippen LogP contribution in [0.1, 0.15) is 89.8 Å². The standard InChI is InChI=1S/C20H30ClN.C10H12/c1-5-8-15-19(16(4)11-6-2)22-20(12-7-3)17-13-9-10-14-18(17)21;1-8-6-9-4-2-3-5-10(9)7-8/h9-10,12-14,22H,5-8,11,15H2,1-4H3;2-5,8H,6-7H2,1H3/b19-16+,20-12+;. The molecule has 1 aliphatic carbocycles. The first-order chi connectivity index (χ1) is 15.5. The topological polar surface area (TPSA) is 12.0 Å². The van der Waals surface area contributed by atoms with Crippen LogP contribution in [-0.4, -0.2) is 0 Å². The highest BCUT2D eigenvalue weighted by atomic mass is 35.5. The zero-order valence-corrected chi connectivity index (χ0v) is 21.6. The van der Waals surface area contributed by atoms with Crippen molar-refractivity contribution in [1.29, 1.82) is 0 Å². The SMILES string of the molecule is CC/C=C(/N/C(CCCC)=C(\C)CCC)c1ccccc1Cl.CC1Cc2ccccc2C1. The van der Waals surface area contributed by atoms with E-state index in [2.05, 4.69) is 76.3 Å². The van der Waals surface area contributed by atoms with Crippen molar-refractivity contribution in [3.05, 3.63) is 87.6 Å². The smallest absolute Gasteiger partial charge is 0.0499 e. The van der Waals surface area contributed by atoms with Crippen LogP contribution in [0.25, 0.3) is 5.70 Å². The highest BCUT2D eigenvalue weighted by Crippen LogP contribution is 2.26. The molecular weight excluding hydrogens is 410 g/mol. The third-order valence-electron chi connectivity index (χ3n) is 6.03. The molecule has 1 N–H and O–H groups in total. The summed E-state index contributed by atoms with van der Waals surface area (Å²) in [5, 5.41) is 4.49. The van der Waals surface area contributed by atoms with E-state index in [-0.39, 0.29) is 0 Å². The van der Waals surface area contributed by atoms with Gasteiger partial charge in [-0.3, -0.25) is 0 Å². The Morgan fingerprint density at radius 3 is 2.12 bits per heavy atom. The van der Waals surface area contributed by atoms with Crippen LogP contribution in [0.3, 0.4) is 0 Å². The Hall–Kier alpha value is -1.99. The maximum atomic E-state index is 6.39. The van der Waals surface area contributed by atoms with E-state index in [9.17, 15) is 0 Å². The van der Waals surface area contributed by atoms with Crippen molar-refractivity contribution in [2.75, 3.05) is 0 Å². The maximum Gasteiger partial charge on any atom is 0.0499 e. The fraction of sp³-hybridized carbons (Fsp3) is 0.467. The zero-order valence-electron chi connectivity index (χ0n) is 20.8. The largest absolute Gasteiger partial charge is 0.359 e. The van der Waals surface area contributed by atoms with E-state index in [1.165, 1.54) is 43.4 Å². The van der Waals surface area contributed by atoms with Gasteiger partial charge >= 0.3 is 0 Å². The molecule has 2 heteroatoms. The molecule has 3 rings (SSSR count). The molecule has 32 heavy (non-hydrogen) atoms. The Morgan fingerprint density at radius 2 is 1.56 bits per heavy atom. The second-order valence-corrected chi connectivity index (χ2v) is 9.43. The number of allylic oxidation sites excluding steroid dienone is 3. The molecule has 0 aliphatic heterocycles. The molecule has 174 valence electrons. The lowest BCUT2D eigenvalue weighted by molar-refractivity contribution is 0.628. The summed E-state index contributed by atoms with van der Waals surface area (Å²) in [6.45, 7) is 11.2. The van der Waals surface area contributed by atoms with Crippen LogP contribution in [0, 0.1) is 5.92 Å². The van der Waals surface area contributed by atoms with Crippen LogP contribution in [0.15, 0.2) is 65.9 Å². The van der Waals surface area contributed by atoms with E-state index in [0.717, 1.165) is 41.5 Å². The number of fused-ring (bicyclic) bond motifs is 1. The van der Waals surface area contributed by atoms with Crippen molar-refractivity contribution in [3.63, 3.8) is 0 Å². The van der Waals surface area contributed by atoms with Gasteiger partial charge in [0.2, 0.25) is 0 Å². The molecule has 0 unspecified atom stereocenters. The minimum Gasteiger partial charge on any atom is -0.359 e. The summed E-state index contributed by atoms with van der Waals surface area (Å²) >= 11 is 6.39. The molecule has 1 nitrogen and oxygen atoms in total. The first kappa shape index (κ1) is 26.3. The van der Waals surface area contributed by atoms with E-state index in [0.29, 0.717) is 0 Å². The monoisotopic (exact) mass is 451 g/mol. The van der Waals surface area contributed by atoms with Crippen molar-refractivity contribution < 1.29 is 0 Å². The minimum atomic E-state index is 0.803. The predicted molar refractivity (Wildman–Crippen MR) is 143 cm³/mol. The van der Waals surface area contributed by atoms with Crippen LogP contribution in [-0.2, 0) is 12.8 Å². The second-order valence-electron chi connectivity index (χ2n) is 9.03. The number of nitrogens with one attached hydrogen (secondary N) is 1. The first-order valence-electron chi connectivity index (χ1n) is 12.5. The summed E-state index contributed by atoms with van der Waals surface area (Å²) in [5.74, 6) is 0.873. The molecule has 0 bridgehead atoms. The van der Waals surface area contributed by atoms with Crippen LogP contribution in [0.4, 0.5) is 0 Å². The maximum absolute atomic E-state index is 6.39. The summed E-state index contributed by atoms with van der Waals surface area (Å²) in [5.41, 5.74) is 8.18. The number of benzene rings is 2. The second kappa shape index (κ2) is 14.2. The van der Waals surface area contributed by atoms with Crippen LogP contribution in [0.5, 0.6) is 0 Å². The molecule has 0 aromatic heterocycles. The molecule has 2 aromatic rings. The molecule has 0 fully saturated rings. The number of halogens is 1. The molecule has 0 amide bonds. The Labute approximate surface area is 202 Å². The molecule has 0 atom stereocenters. The summed E-state index contributed by atoms with van der Waals surface area (Å²) in [6.07, 6.45) is 11.7. The predicted octanol–water partition coefficient (Wildman–Crippen LogP) is 9.37. The minimum absolute atomic E-state index is 0.803. The third-order valence-corrected chi connectivity index (χ3v) is 6.36. The summed E-state index contributed by atoms with van der Waals surface area (Å²) in [4.78, 5) is 0. The summed E-state index contributed by atoms with van der Waals surface area (Å²) < 4.78 is 0. The molecule has 1 aliphatic rings. The fourth-order valence-corrected chi connectivity index (χ4v) is 4.55. The van der Waals surface area contributed by atoms with E-state index < -0.39 is 0 Å². The number of rotatable bonds is 9. The van der Waals surface area contributed by atoms with E-state index in [4.69, 9.17) is 11.6 Å². The lowest BCUT2D eigenvalue weighted by atomic mass is 10.0. The van der Waals surface area contributed by atoms with Crippen molar-refractivity contribution in [3.8, 4) is 0 Å². The molecule has 2 aromatic carbocycles. The lowest BCUT2D eigenvalue weighted by Gasteiger charge is -2.19.